The molecule has 0 saturated heterocycles. The topological polar surface area (TPSA) is 66.6 Å². The maximum atomic E-state index is 5.79. The molecule has 1 heterocycles. The van der Waals surface area contributed by atoms with Crippen molar-refractivity contribution in [2.75, 3.05) is 65.6 Å². The minimum Gasteiger partial charge on any atom is -0.492 e. The van der Waals surface area contributed by atoms with Gasteiger partial charge in [0.25, 0.3) is 0 Å². The minimum absolute atomic E-state index is 0.672. The zero-order valence-electron chi connectivity index (χ0n) is 16.0. The zero-order valence-corrected chi connectivity index (χ0v) is 16.0. The van der Waals surface area contributed by atoms with Gasteiger partial charge in [-0.05, 0) is 77.1 Å². The van der Waals surface area contributed by atoms with E-state index in [0.29, 0.717) is 13.2 Å². The van der Waals surface area contributed by atoms with Crippen LogP contribution >= 0.6 is 0 Å². The van der Waals surface area contributed by atoms with E-state index in [4.69, 9.17) is 9.47 Å². The second-order valence-electron chi connectivity index (χ2n) is 6.59. The summed E-state index contributed by atoms with van der Waals surface area (Å²) in [5, 5.41) is 13.9. The molecule has 1 aliphatic rings. The molecule has 0 aromatic heterocycles. The Hall–Kier alpha value is -1.34. The molecule has 0 aliphatic carbocycles. The van der Waals surface area contributed by atoms with Crippen LogP contribution in [-0.4, -0.2) is 65.6 Å². The van der Waals surface area contributed by atoms with Gasteiger partial charge in [0.1, 0.15) is 24.7 Å². The molecular weight excluding hydrogens is 328 g/mol. The van der Waals surface area contributed by atoms with Gasteiger partial charge in [-0.15, -0.1) is 0 Å². The third-order valence-electron chi connectivity index (χ3n) is 4.27. The van der Waals surface area contributed by atoms with E-state index in [1.165, 1.54) is 12.8 Å². The average Bonchev–Trinajstić information content (AvgIpc) is 2.66. The monoisotopic (exact) mass is 364 g/mol. The standard InChI is InChI=1S/C20H36N4O2/c1-2-9-22-11-5-13-24-15-17-26-20-7-3-6-19(18-20)25-16-14-23-12-4-10-21-8-1/h3,6-7,18,21-24H,1-2,4-5,8-17H2. The first kappa shape index (κ1) is 21.0. The van der Waals surface area contributed by atoms with E-state index >= 15 is 0 Å². The third-order valence-corrected chi connectivity index (χ3v) is 4.27. The van der Waals surface area contributed by atoms with Gasteiger partial charge in [0.05, 0.1) is 0 Å². The van der Waals surface area contributed by atoms with Crippen molar-refractivity contribution in [2.24, 2.45) is 0 Å². The van der Waals surface area contributed by atoms with E-state index in [1.807, 2.05) is 24.3 Å². The highest BCUT2D eigenvalue weighted by atomic mass is 16.5. The Kier molecular flexibility index (Phi) is 11.9. The number of rotatable bonds is 0. The van der Waals surface area contributed by atoms with Crippen LogP contribution in [0.2, 0.25) is 0 Å². The smallest absolute Gasteiger partial charge is 0.123 e. The summed E-state index contributed by atoms with van der Waals surface area (Å²) in [6.07, 6.45) is 4.77. The fraction of sp³-hybridized carbons (Fsp3) is 0.700. The number of nitrogens with one attached hydrogen (secondary N) is 4. The van der Waals surface area contributed by atoms with E-state index < -0.39 is 0 Å². The molecule has 0 spiro atoms. The van der Waals surface area contributed by atoms with Crippen molar-refractivity contribution in [3.63, 3.8) is 0 Å². The van der Waals surface area contributed by atoms with Crippen molar-refractivity contribution < 1.29 is 9.47 Å². The maximum Gasteiger partial charge on any atom is 0.123 e. The Morgan fingerprint density at radius 3 is 1.46 bits per heavy atom. The van der Waals surface area contributed by atoms with Gasteiger partial charge < -0.3 is 30.7 Å². The van der Waals surface area contributed by atoms with E-state index in [0.717, 1.165) is 76.7 Å². The SMILES string of the molecule is c1cc2cc(c1)OCCNCCCNCCCCNCCCNCCO2. The van der Waals surface area contributed by atoms with Gasteiger partial charge in [-0.2, -0.15) is 0 Å². The normalized spacial score (nSPS) is 20.5. The average molecular weight is 365 g/mol. The molecular formula is C20H36N4O2. The Morgan fingerprint density at radius 2 is 0.962 bits per heavy atom. The Bertz CT molecular complexity index is 422. The van der Waals surface area contributed by atoms with Crippen molar-refractivity contribution in [2.45, 2.75) is 25.7 Å². The lowest BCUT2D eigenvalue weighted by Gasteiger charge is -2.11. The lowest BCUT2D eigenvalue weighted by molar-refractivity contribution is 0.299. The molecule has 0 radical (unpaired) electrons. The van der Waals surface area contributed by atoms with Gasteiger partial charge >= 0.3 is 0 Å². The summed E-state index contributed by atoms with van der Waals surface area (Å²) in [5.74, 6) is 1.73. The first-order valence-corrected chi connectivity index (χ1v) is 10.1. The van der Waals surface area contributed by atoms with E-state index in [1.54, 1.807) is 0 Å². The molecule has 0 fully saturated rings. The summed E-state index contributed by atoms with van der Waals surface area (Å²) in [5.41, 5.74) is 0. The summed E-state index contributed by atoms with van der Waals surface area (Å²) in [4.78, 5) is 0. The Labute approximate surface area is 158 Å². The molecule has 1 aromatic carbocycles. The van der Waals surface area contributed by atoms with Gasteiger partial charge in [0.15, 0.2) is 0 Å². The first-order valence-electron chi connectivity index (χ1n) is 10.1. The van der Waals surface area contributed by atoms with Gasteiger partial charge in [0.2, 0.25) is 0 Å². The van der Waals surface area contributed by atoms with E-state index in [9.17, 15) is 0 Å². The minimum atomic E-state index is 0.672. The molecule has 2 bridgehead atoms. The van der Waals surface area contributed by atoms with Crippen molar-refractivity contribution in [3.05, 3.63) is 24.3 Å². The second kappa shape index (κ2) is 14.8. The van der Waals surface area contributed by atoms with Crippen LogP contribution in [0.4, 0.5) is 0 Å². The summed E-state index contributed by atoms with van der Waals surface area (Å²) >= 11 is 0. The molecule has 1 aliphatic heterocycles. The number of benzene rings is 1. The van der Waals surface area contributed by atoms with Crippen LogP contribution in [0.25, 0.3) is 0 Å². The summed E-state index contributed by atoms with van der Waals surface area (Å²) < 4.78 is 11.6. The predicted octanol–water partition coefficient (Wildman–Crippen LogP) is 1.38. The second-order valence-corrected chi connectivity index (χ2v) is 6.59. The first-order chi connectivity index (χ1) is 12.9. The molecule has 2 rings (SSSR count). The van der Waals surface area contributed by atoms with E-state index in [-0.39, 0.29) is 0 Å². The van der Waals surface area contributed by atoms with Crippen LogP contribution in [0.3, 0.4) is 0 Å². The van der Waals surface area contributed by atoms with Crippen LogP contribution in [0.5, 0.6) is 11.5 Å². The molecule has 0 atom stereocenters. The molecule has 1 aromatic rings. The molecule has 6 heteroatoms. The molecule has 6 nitrogen and oxygen atoms in total. The van der Waals surface area contributed by atoms with Crippen LogP contribution < -0.4 is 30.7 Å². The summed E-state index contributed by atoms with van der Waals surface area (Å²) in [7, 11) is 0. The van der Waals surface area contributed by atoms with Gasteiger partial charge in [-0.25, -0.2) is 0 Å². The van der Waals surface area contributed by atoms with Crippen LogP contribution in [-0.2, 0) is 0 Å². The highest BCUT2D eigenvalue weighted by Gasteiger charge is 1.99. The summed E-state index contributed by atoms with van der Waals surface area (Å²) in [6.45, 7) is 9.49. The van der Waals surface area contributed by atoms with Crippen LogP contribution in [0.1, 0.15) is 25.7 Å². The van der Waals surface area contributed by atoms with Gasteiger partial charge in [0, 0.05) is 19.2 Å². The third kappa shape index (κ3) is 10.6. The largest absolute Gasteiger partial charge is 0.492 e. The zero-order chi connectivity index (χ0) is 18.1. The fourth-order valence-electron chi connectivity index (χ4n) is 2.81. The molecule has 4 N–H and O–H groups in total. The molecule has 0 amide bonds. The molecule has 0 saturated carbocycles. The van der Waals surface area contributed by atoms with Gasteiger partial charge in [-0.1, -0.05) is 6.07 Å². The fourth-order valence-corrected chi connectivity index (χ4v) is 2.81. The quantitative estimate of drug-likeness (QED) is 0.558. The Balaban J connectivity index is 1.68. The number of hydrogen-bond donors (Lipinski definition) is 4. The number of fused-ring (bicyclic) bond motifs is 2. The van der Waals surface area contributed by atoms with E-state index in [2.05, 4.69) is 21.3 Å². The van der Waals surface area contributed by atoms with Crippen LogP contribution in [0, 0.1) is 0 Å². The lowest BCUT2D eigenvalue weighted by Crippen LogP contribution is -2.26. The van der Waals surface area contributed by atoms with Crippen LogP contribution in [0.15, 0.2) is 24.3 Å². The Morgan fingerprint density at radius 1 is 0.538 bits per heavy atom. The van der Waals surface area contributed by atoms with Crippen molar-refractivity contribution in [3.8, 4) is 11.5 Å². The molecule has 26 heavy (non-hydrogen) atoms. The lowest BCUT2D eigenvalue weighted by atomic mass is 10.3. The predicted molar refractivity (Wildman–Crippen MR) is 107 cm³/mol. The molecule has 0 unspecified atom stereocenters. The van der Waals surface area contributed by atoms with Crippen molar-refractivity contribution in [1.82, 2.24) is 21.3 Å². The number of ether oxygens (including phenoxy) is 2. The van der Waals surface area contributed by atoms with Gasteiger partial charge in [-0.3, -0.25) is 0 Å². The maximum absolute atomic E-state index is 5.79. The highest BCUT2D eigenvalue weighted by molar-refractivity contribution is 5.32. The van der Waals surface area contributed by atoms with Crippen molar-refractivity contribution in [1.29, 1.82) is 0 Å². The highest BCUT2D eigenvalue weighted by Crippen LogP contribution is 2.19. The number of hydrogen-bond acceptors (Lipinski definition) is 6. The van der Waals surface area contributed by atoms with Crippen molar-refractivity contribution >= 4 is 0 Å². The molecule has 148 valence electrons. The summed E-state index contributed by atoms with van der Waals surface area (Å²) in [6, 6.07) is 7.89.